The molecule has 0 saturated carbocycles. The highest BCUT2D eigenvalue weighted by molar-refractivity contribution is 5.95. The molecule has 1 aliphatic rings. The molecule has 0 aromatic heterocycles. The van der Waals surface area contributed by atoms with Crippen molar-refractivity contribution in [3.63, 3.8) is 0 Å². The van der Waals surface area contributed by atoms with Gasteiger partial charge in [0.05, 0.1) is 13.5 Å². The molecule has 0 spiro atoms. The minimum absolute atomic E-state index is 0.0279. The monoisotopic (exact) mass is 429 g/mol. The Balaban J connectivity index is 1.42. The molecule has 0 bridgehead atoms. The van der Waals surface area contributed by atoms with E-state index < -0.39 is 0 Å². The van der Waals surface area contributed by atoms with Gasteiger partial charge in [0.1, 0.15) is 5.75 Å². The average molecular weight is 430 g/mol. The quantitative estimate of drug-likeness (QED) is 0.592. The molecular weight excluding hydrogens is 402 g/mol. The van der Waals surface area contributed by atoms with Gasteiger partial charge < -0.3 is 15.0 Å². The van der Waals surface area contributed by atoms with E-state index in [4.69, 9.17) is 4.74 Å². The molecule has 6 heteroatoms. The summed E-state index contributed by atoms with van der Waals surface area (Å²) in [6.45, 7) is 1.92. The third-order valence-corrected chi connectivity index (χ3v) is 5.49. The van der Waals surface area contributed by atoms with E-state index in [0.717, 1.165) is 35.5 Å². The molecule has 164 valence electrons. The van der Waals surface area contributed by atoms with Gasteiger partial charge in [-0.3, -0.25) is 9.69 Å². The van der Waals surface area contributed by atoms with Crippen molar-refractivity contribution in [2.24, 2.45) is 0 Å². The fourth-order valence-corrected chi connectivity index (χ4v) is 3.86. The molecule has 1 fully saturated rings. The molecule has 6 nitrogen and oxygen atoms in total. The van der Waals surface area contributed by atoms with Crippen LogP contribution in [-0.4, -0.2) is 37.0 Å². The first-order valence-corrected chi connectivity index (χ1v) is 10.8. The number of methoxy groups -OCH3 is 1. The standard InChI is InChI=1S/C26H27N3O3/c1-32-24-13-11-21(12-14-24)19-28-15-6-16-29(26(28)31)23-10-5-9-22(18-23)27-25(30)17-20-7-3-2-4-8-20/h2-5,7-14,18H,6,15-17,19H2,1H3,(H,27,30). The van der Waals surface area contributed by atoms with E-state index in [1.165, 1.54) is 0 Å². The number of anilines is 2. The first kappa shape index (κ1) is 21.4. The summed E-state index contributed by atoms with van der Waals surface area (Å²) in [5.41, 5.74) is 3.49. The van der Waals surface area contributed by atoms with Crippen molar-refractivity contribution in [2.45, 2.75) is 19.4 Å². The molecule has 1 saturated heterocycles. The summed E-state index contributed by atoms with van der Waals surface area (Å²) in [5.74, 6) is 0.714. The molecule has 0 unspecified atom stereocenters. The van der Waals surface area contributed by atoms with Crippen molar-refractivity contribution in [1.29, 1.82) is 0 Å². The van der Waals surface area contributed by atoms with E-state index in [1.54, 1.807) is 12.0 Å². The molecule has 1 N–H and O–H groups in total. The van der Waals surface area contributed by atoms with Gasteiger partial charge in [-0.1, -0.05) is 48.5 Å². The van der Waals surface area contributed by atoms with E-state index >= 15 is 0 Å². The van der Waals surface area contributed by atoms with Crippen molar-refractivity contribution in [3.8, 4) is 5.75 Å². The van der Waals surface area contributed by atoms with Gasteiger partial charge in [0.2, 0.25) is 5.91 Å². The van der Waals surface area contributed by atoms with Crippen molar-refractivity contribution in [3.05, 3.63) is 90.0 Å². The highest BCUT2D eigenvalue weighted by Gasteiger charge is 2.27. The molecule has 0 atom stereocenters. The lowest BCUT2D eigenvalue weighted by Crippen LogP contribution is -2.49. The summed E-state index contributed by atoms with van der Waals surface area (Å²) in [4.78, 5) is 29.2. The zero-order valence-corrected chi connectivity index (χ0v) is 18.2. The van der Waals surface area contributed by atoms with Gasteiger partial charge in [-0.2, -0.15) is 0 Å². The van der Waals surface area contributed by atoms with Crippen LogP contribution in [0.15, 0.2) is 78.9 Å². The van der Waals surface area contributed by atoms with E-state index in [-0.39, 0.29) is 11.9 Å². The average Bonchev–Trinajstić information content (AvgIpc) is 2.81. The maximum atomic E-state index is 13.2. The van der Waals surface area contributed by atoms with Crippen LogP contribution in [0.25, 0.3) is 0 Å². The molecule has 3 aromatic rings. The molecule has 1 aliphatic heterocycles. The van der Waals surface area contributed by atoms with Crippen LogP contribution in [0.3, 0.4) is 0 Å². The Morgan fingerprint density at radius 3 is 2.47 bits per heavy atom. The van der Waals surface area contributed by atoms with Gasteiger partial charge in [0.25, 0.3) is 0 Å². The Morgan fingerprint density at radius 1 is 0.938 bits per heavy atom. The lowest BCUT2D eigenvalue weighted by atomic mass is 10.1. The first-order valence-electron chi connectivity index (χ1n) is 10.8. The molecule has 3 amide bonds. The summed E-state index contributed by atoms with van der Waals surface area (Å²) in [7, 11) is 1.64. The fourth-order valence-electron chi connectivity index (χ4n) is 3.86. The number of benzene rings is 3. The van der Waals surface area contributed by atoms with Crippen LogP contribution in [0.2, 0.25) is 0 Å². The summed E-state index contributed by atoms with van der Waals surface area (Å²) < 4.78 is 5.21. The van der Waals surface area contributed by atoms with Gasteiger partial charge in [0.15, 0.2) is 0 Å². The molecule has 3 aromatic carbocycles. The van der Waals surface area contributed by atoms with Crippen LogP contribution in [0.1, 0.15) is 17.5 Å². The fraction of sp³-hybridized carbons (Fsp3) is 0.231. The summed E-state index contributed by atoms with van der Waals surface area (Å²) in [6, 6.07) is 24.8. The lowest BCUT2D eigenvalue weighted by molar-refractivity contribution is -0.115. The Bertz CT molecular complexity index is 1070. The van der Waals surface area contributed by atoms with Gasteiger partial charge >= 0.3 is 6.03 Å². The van der Waals surface area contributed by atoms with Crippen molar-refractivity contribution in [2.75, 3.05) is 30.4 Å². The number of nitrogens with one attached hydrogen (secondary N) is 1. The lowest BCUT2D eigenvalue weighted by Gasteiger charge is -2.36. The highest BCUT2D eigenvalue weighted by Crippen LogP contribution is 2.25. The third-order valence-electron chi connectivity index (χ3n) is 5.49. The van der Waals surface area contributed by atoms with E-state index in [2.05, 4.69) is 5.32 Å². The maximum absolute atomic E-state index is 13.2. The molecular formula is C26H27N3O3. The van der Waals surface area contributed by atoms with Crippen molar-refractivity contribution in [1.82, 2.24) is 4.90 Å². The Labute approximate surface area is 188 Å². The maximum Gasteiger partial charge on any atom is 0.324 e. The van der Waals surface area contributed by atoms with Crippen LogP contribution in [-0.2, 0) is 17.8 Å². The summed E-state index contributed by atoms with van der Waals surface area (Å²) in [6.07, 6.45) is 1.19. The Kier molecular flexibility index (Phi) is 6.70. The number of amides is 3. The van der Waals surface area contributed by atoms with E-state index in [9.17, 15) is 9.59 Å². The topological polar surface area (TPSA) is 61.9 Å². The molecule has 32 heavy (non-hydrogen) atoms. The van der Waals surface area contributed by atoms with Gasteiger partial charge in [-0.25, -0.2) is 4.79 Å². The number of hydrogen-bond donors (Lipinski definition) is 1. The Hall–Kier alpha value is -3.80. The van der Waals surface area contributed by atoms with Crippen LogP contribution >= 0.6 is 0 Å². The smallest absolute Gasteiger partial charge is 0.324 e. The minimum Gasteiger partial charge on any atom is -0.497 e. The van der Waals surface area contributed by atoms with Crippen LogP contribution in [0, 0.1) is 0 Å². The molecule has 4 rings (SSSR count). The zero-order chi connectivity index (χ0) is 22.3. The number of nitrogens with zero attached hydrogens (tertiary/aromatic N) is 2. The molecule has 0 aliphatic carbocycles. The second-order valence-electron chi connectivity index (χ2n) is 7.82. The number of carbonyl (C=O) groups is 2. The Morgan fingerprint density at radius 2 is 1.72 bits per heavy atom. The highest BCUT2D eigenvalue weighted by atomic mass is 16.5. The minimum atomic E-state index is -0.0838. The normalized spacial score (nSPS) is 13.7. The van der Waals surface area contributed by atoms with Crippen molar-refractivity contribution < 1.29 is 14.3 Å². The number of urea groups is 1. The second-order valence-corrected chi connectivity index (χ2v) is 7.82. The SMILES string of the molecule is COc1ccc(CN2CCCN(c3cccc(NC(=O)Cc4ccccc4)c3)C2=O)cc1. The third kappa shape index (κ3) is 5.27. The predicted octanol–water partition coefficient (Wildman–Crippen LogP) is 4.71. The largest absolute Gasteiger partial charge is 0.497 e. The number of ether oxygens (including phenoxy) is 1. The zero-order valence-electron chi connectivity index (χ0n) is 18.2. The molecule has 0 radical (unpaired) electrons. The van der Waals surface area contributed by atoms with Gasteiger partial charge in [-0.05, 0) is 47.9 Å². The molecule has 1 heterocycles. The number of carbonyl (C=O) groups excluding carboxylic acids is 2. The summed E-state index contributed by atoms with van der Waals surface area (Å²) >= 11 is 0. The van der Waals surface area contributed by atoms with Crippen LogP contribution < -0.4 is 15.0 Å². The second kappa shape index (κ2) is 10.0. The number of hydrogen-bond acceptors (Lipinski definition) is 3. The van der Waals surface area contributed by atoms with E-state index in [1.807, 2.05) is 83.8 Å². The van der Waals surface area contributed by atoms with E-state index in [0.29, 0.717) is 25.2 Å². The van der Waals surface area contributed by atoms with Gasteiger partial charge in [-0.15, -0.1) is 0 Å². The van der Waals surface area contributed by atoms with Crippen LogP contribution in [0.5, 0.6) is 5.75 Å². The van der Waals surface area contributed by atoms with Crippen LogP contribution in [0.4, 0.5) is 16.2 Å². The number of rotatable bonds is 7. The van der Waals surface area contributed by atoms with Crippen molar-refractivity contribution >= 4 is 23.3 Å². The summed E-state index contributed by atoms with van der Waals surface area (Å²) in [5, 5.41) is 2.94. The predicted molar refractivity (Wildman–Crippen MR) is 126 cm³/mol. The van der Waals surface area contributed by atoms with Gasteiger partial charge in [0, 0.05) is 31.0 Å². The first-order chi connectivity index (χ1) is 15.6.